The summed E-state index contributed by atoms with van der Waals surface area (Å²) >= 11 is 7.79. The summed E-state index contributed by atoms with van der Waals surface area (Å²) in [5.41, 5.74) is 1.97. The molecule has 4 rings (SSSR count). The molecule has 26 heavy (non-hydrogen) atoms. The number of thioether (sulfide) groups is 1. The van der Waals surface area contributed by atoms with Crippen LogP contribution in [0.2, 0.25) is 5.02 Å². The predicted octanol–water partition coefficient (Wildman–Crippen LogP) is 4.41. The molecule has 0 spiro atoms. The first-order valence-electron chi connectivity index (χ1n) is 9.01. The Morgan fingerprint density at radius 2 is 1.81 bits per heavy atom. The highest BCUT2D eigenvalue weighted by Crippen LogP contribution is 2.26. The van der Waals surface area contributed by atoms with Crippen LogP contribution in [0, 0.1) is 0 Å². The first kappa shape index (κ1) is 17.7. The molecule has 0 aliphatic carbocycles. The monoisotopic (exact) mass is 387 g/mol. The van der Waals surface area contributed by atoms with E-state index in [4.69, 9.17) is 11.6 Å². The maximum atomic E-state index is 12.4. The fourth-order valence-electron chi connectivity index (χ4n) is 3.66. The average molecular weight is 388 g/mol. The topological polar surface area (TPSA) is 41.0 Å². The van der Waals surface area contributed by atoms with E-state index in [0.717, 1.165) is 54.3 Å². The number of para-hydroxylation sites is 2. The number of H-pyrrole nitrogens is 1. The van der Waals surface area contributed by atoms with E-state index in [1.807, 2.05) is 52.7 Å². The Kier molecular flexibility index (Phi) is 5.38. The van der Waals surface area contributed by atoms with Crippen molar-refractivity contribution in [3.05, 3.63) is 64.0 Å². The van der Waals surface area contributed by atoms with Crippen molar-refractivity contribution in [3.8, 4) is 0 Å². The zero-order chi connectivity index (χ0) is 17.9. The molecule has 0 saturated carbocycles. The van der Waals surface area contributed by atoms with Crippen LogP contribution in [-0.2, 0) is 0 Å². The minimum atomic E-state index is 0.0166. The van der Waals surface area contributed by atoms with Crippen LogP contribution in [0.4, 0.5) is 0 Å². The third-order valence-electron chi connectivity index (χ3n) is 5.04. The van der Waals surface area contributed by atoms with Gasteiger partial charge in [-0.05, 0) is 49.2 Å². The number of nitrogens with one attached hydrogen (secondary N) is 1. The molecule has 1 saturated heterocycles. The molecule has 0 atom stereocenters. The van der Waals surface area contributed by atoms with E-state index in [0.29, 0.717) is 6.04 Å². The second-order valence-electron chi connectivity index (χ2n) is 6.69. The Hall–Kier alpha value is -1.69. The predicted molar refractivity (Wildman–Crippen MR) is 109 cm³/mol. The van der Waals surface area contributed by atoms with Crippen LogP contribution >= 0.6 is 23.4 Å². The minimum Gasteiger partial charge on any atom is -0.306 e. The molecule has 136 valence electrons. The van der Waals surface area contributed by atoms with Gasteiger partial charge in [-0.25, -0.2) is 4.79 Å². The van der Waals surface area contributed by atoms with Gasteiger partial charge in [-0.15, -0.1) is 11.8 Å². The molecular weight excluding hydrogens is 366 g/mol. The molecule has 2 heterocycles. The Labute approximate surface area is 162 Å². The van der Waals surface area contributed by atoms with Crippen LogP contribution in [0.5, 0.6) is 0 Å². The number of imidazole rings is 1. The van der Waals surface area contributed by atoms with Crippen LogP contribution in [-0.4, -0.2) is 39.8 Å². The van der Waals surface area contributed by atoms with Gasteiger partial charge in [-0.3, -0.25) is 4.57 Å². The Balaban J connectivity index is 1.32. The molecule has 0 radical (unpaired) electrons. The summed E-state index contributed by atoms with van der Waals surface area (Å²) in [6, 6.07) is 16.3. The lowest BCUT2D eigenvalue weighted by molar-refractivity contribution is 0.196. The zero-order valence-electron chi connectivity index (χ0n) is 14.5. The number of hydrogen-bond donors (Lipinski definition) is 1. The van der Waals surface area contributed by atoms with Gasteiger partial charge in [0.05, 0.1) is 11.0 Å². The number of fused-ring (bicyclic) bond motifs is 1. The average Bonchev–Trinajstić information content (AvgIpc) is 3.00. The molecule has 1 N–H and O–H groups in total. The van der Waals surface area contributed by atoms with Crippen molar-refractivity contribution in [1.29, 1.82) is 0 Å². The summed E-state index contributed by atoms with van der Waals surface area (Å²) in [6.45, 7) is 3.15. The molecule has 1 aliphatic heterocycles. The number of hydrogen-bond acceptors (Lipinski definition) is 3. The molecule has 1 aromatic heterocycles. The van der Waals surface area contributed by atoms with Crippen molar-refractivity contribution in [1.82, 2.24) is 14.5 Å². The number of halogens is 1. The summed E-state index contributed by atoms with van der Waals surface area (Å²) in [5, 5.41) is 0.781. The maximum Gasteiger partial charge on any atom is 0.326 e. The van der Waals surface area contributed by atoms with Gasteiger partial charge in [0.2, 0.25) is 0 Å². The largest absolute Gasteiger partial charge is 0.326 e. The van der Waals surface area contributed by atoms with Crippen molar-refractivity contribution in [2.75, 3.05) is 25.4 Å². The van der Waals surface area contributed by atoms with E-state index < -0.39 is 0 Å². The zero-order valence-corrected chi connectivity index (χ0v) is 16.1. The molecule has 4 nitrogen and oxygen atoms in total. The van der Waals surface area contributed by atoms with Gasteiger partial charge in [0.25, 0.3) is 0 Å². The molecule has 0 unspecified atom stereocenters. The summed E-state index contributed by atoms with van der Waals surface area (Å²) in [4.78, 5) is 19.1. The Bertz CT molecular complexity index is 926. The van der Waals surface area contributed by atoms with Gasteiger partial charge in [-0.2, -0.15) is 0 Å². The standard InChI is InChI=1S/C20H22ClN3OS/c21-15-5-7-17(8-6-15)26-14-13-23-11-9-16(10-12-23)24-19-4-2-1-3-18(19)22-20(24)25/h1-8,16H,9-14H2,(H,22,25). The van der Waals surface area contributed by atoms with Crippen LogP contribution in [0.15, 0.2) is 58.2 Å². The van der Waals surface area contributed by atoms with Crippen LogP contribution < -0.4 is 5.69 Å². The van der Waals surface area contributed by atoms with Crippen molar-refractivity contribution in [3.63, 3.8) is 0 Å². The SMILES string of the molecule is O=c1[nH]c2ccccc2n1C1CCN(CCSc2ccc(Cl)cc2)CC1. The molecule has 6 heteroatoms. The smallest absolute Gasteiger partial charge is 0.306 e. The van der Waals surface area contributed by atoms with Gasteiger partial charge in [-0.1, -0.05) is 23.7 Å². The van der Waals surface area contributed by atoms with Crippen LogP contribution in [0.3, 0.4) is 0 Å². The maximum absolute atomic E-state index is 12.4. The molecule has 0 amide bonds. The van der Waals surface area contributed by atoms with Gasteiger partial charge < -0.3 is 9.88 Å². The van der Waals surface area contributed by atoms with E-state index >= 15 is 0 Å². The first-order chi connectivity index (χ1) is 12.7. The summed E-state index contributed by atoms with van der Waals surface area (Å²) in [5.74, 6) is 1.07. The number of aromatic amines is 1. The summed E-state index contributed by atoms with van der Waals surface area (Å²) < 4.78 is 1.95. The number of likely N-dealkylation sites (tertiary alicyclic amines) is 1. The molecule has 0 bridgehead atoms. The van der Waals surface area contributed by atoms with Gasteiger partial charge in [0.1, 0.15) is 0 Å². The minimum absolute atomic E-state index is 0.0166. The van der Waals surface area contributed by atoms with E-state index in [-0.39, 0.29) is 5.69 Å². The third-order valence-corrected chi connectivity index (χ3v) is 6.28. The molecule has 1 fully saturated rings. The third kappa shape index (κ3) is 3.85. The van der Waals surface area contributed by atoms with Crippen LogP contribution in [0.1, 0.15) is 18.9 Å². The second kappa shape index (κ2) is 7.91. The van der Waals surface area contributed by atoms with E-state index in [1.165, 1.54) is 4.90 Å². The number of nitrogens with zero attached hydrogens (tertiary/aromatic N) is 2. The Morgan fingerprint density at radius 3 is 2.58 bits per heavy atom. The van der Waals surface area contributed by atoms with Gasteiger partial charge >= 0.3 is 5.69 Å². The van der Waals surface area contributed by atoms with E-state index in [9.17, 15) is 4.79 Å². The van der Waals surface area contributed by atoms with Crippen molar-refractivity contribution < 1.29 is 0 Å². The van der Waals surface area contributed by atoms with E-state index in [1.54, 1.807) is 0 Å². The lowest BCUT2D eigenvalue weighted by Crippen LogP contribution is -2.38. The quantitative estimate of drug-likeness (QED) is 0.659. The van der Waals surface area contributed by atoms with E-state index in [2.05, 4.69) is 22.0 Å². The Morgan fingerprint density at radius 1 is 1.08 bits per heavy atom. The van der Waals surface area contributed by atoms with Crippen molar-refractivity contribution in [2.45, 2.75) is 23.8 Å². The molecular formula is C20H22ClN3OS. The number of rotatable bonds is 5. The summed E-state index contributed by atoms with van der Waals surface area (Å²) in [6.07, 6.45) is 2.04. The summed E-state index contributed by atoms with van der Waals surface area (Å²) in [7, 11) is 0. The molecule has 2 aromatic carbocycles. The molecule has 3 aromatic rings. The number of aromatic nitrogens is 2. The van der Waals surface area contributed by atoms with Gasteiger partial charge in [0, 0.05) is 41.3 Å². The highest BCUT2D eigenvalue weighted by atomic mass is 35.5. The normalized spacial score (nSPS) is 16.3. The number of benzene rings is 2. The molecule has 1 aliphatic rings. The van der Waals surface area contributed by atoms with Crippen LogP contribution in [0.25, 0.3) is 11.0 Å². The lowest BCUT2D eigenvalue weighted by Gasteiger charge is -2.32. The lowest BCUT2D eigenvalue weighted by atomic mass is 10.0. The second-order valence-corrected chi connectivity index (χ2v) is 8.30. The highest BCUT2D eigenvalue weighted by molar-refractivity contribution is 7.99. The fraction of sp³-hybridized carbons (Fsp3) is 0.350. The highest BCUT2D eigenvalue weighted by Gasteiger charge is 2.23. The van der Waals surface area contributed by atoms with Crippen molar-refractivity contribution in [2.24, 2.45) is 0 Å². The van der Waals surface area contributed by atoms with Crippen molar-refractivity contribution >= 4 is 34.4 Å². The number of piperidine rings is 1. The fourth-order valence-corrected chi connectivity index (χ4v) is 4.70. The van der Waals surface area contributed by atoms with Gasteiger partial charge in [0.15, 0.2) is 0 Å². The first-order valence-corrected chi connectivity index (χ1v) is 10.4.